The molecule has 3 aromatic rings. The highest BCUT2D eigenvalue weighted by Crippen LogP contribution is 2.37. The Morgan fingerprint density at radius 3 is 2.77 bits per heavy atom. The molecule has 0 saturated heterocycles. The molecule has 6 heteroatoms. The van der Waals surface area contributed by atoms with Crippen molar-refractivity contribution in [3.63, 3.8) is 0 Å². The molecule has 0 unspecified atom stereocenters. The van der Waals surface area contributed by atoms with Crippen LogP contribution in [0.25, 0.3) is 10.2 Å². The lowest BCUT2D eigenvalue weighted by Gasteiger charge is -2.29. The van der Waals surface area contributed by atoms with E-state index < -0.39 is 0 Å². The molecule has 0 aliphatic carbocycles. The van der Waals surface area contributed by atoms with Gasteiger partial charge in [0.15, 0.2) is 5.16 Å². The molecule has 4 rings (SSSR count). The first kappa shape index (κ1) is 21.6. The number of thioether (sulfide) groups is 1. The van der Waals surface area contributed by atoms with E-state index in [0.29, 0.717) is 19.1 Å². The average molecular weight is 443 g/mol. The molecule has 1 aromatic carbocycles. The Hall–Kier alpha value is -1.63. The van der Waals surface area contributed by atoms with E-state index in [1.165, 1.54) is 5.56 Å². The van der Waals surface area contributed by atoms with Gasteiger partial charge < -0.3 is 4.74 Å². The molecular formula is C24H30N2O2S2. The first-order chi connectivity index (χ1) is 14.3. The maximum absolute atomic E-state index is 13.7. The Balaban J connectivity index is 1.74. The molecule has 4 nitrogen and oxygen atoms in total. The van der Waals surface area contributed by atoms with Crippen molar-refractivity contribution in [2.75, 3.05) is 5.75 Å². The molecule has 160 valence electrons. The molecular weight excluding hydrogens is 412 g/mol. The number of fused-ring (bicyclic) bond motifs is 3. The number of hydrogen-bond donors (Lipinski definition) is 0. The third kappa shape index (κ3) is 4.66. The lowest BCUT2D eigenvalue weighted by molar-refractivity contribution is -0.0379. The van der Waals surface area contributed by atoms with E-state index in [2.05, 4.69) is 52.0 Å². The normalized spacial score (nSPS) is 15.6. The summed E-state index contributed by atoms with van der Waals surface area (Å²) in [5, 5.41) is 1.66. The van der Waals surface area contributed by atoms with Crippen LogP contribution >= 0.6 is 23.1 Å². The molecule has 0 fully saturated rings. The highest BCUT2D eigenvalue weighted by molar-refractivity contribution is 7.99. The standard InChI is InChI=1S/C24H30N2O2S2/c1-16(2)11-13-29-23-25-21-20(18-14-24(3,4)28-15-19(18)30-21)22(27)26(23)12-10-17-8-6-5-7-9-17/h5-9,16H,10-15H2,1-4H3. The Labute approximate surface area is 186 Å². The lowest BCUT2D eigenvalue weighted by atomic mass is 9.94. The number of nitrogens with zero attached hydrogens (tertiary/aromatic N) is 2. The predicted molar refractivity (Wildman–Crippen MR) is 127 cm³/mol. The summed E-state index contributed by atoms with van der Waals surface area (Å²) in [6.45, 7) is 9.88. The van der Waals surface area contributed by atoms with Crippen molar-refractivity contribution in [2.24, 2.45) is 5.92 Å². The van der Waals surface area contributed by atoms with E-state index in [1.54, 1.807) is 23.1 Å². The van der Waals surface area contributed by atoms with Gasteiger partial charge in [0, 0.05) is 23.6 Å². The van der Waals surface area contributed by atoms with Crippen LogP contribution in [0.5, 0.6) is 0 Å². The van der Waals surface area contributed by atoms with Gasteiger partial charge in [0.1, 0.15) is 4.83 Å². The largest absolute Gasteiger partial charge is 0.370 e. The third-order valence-corrected chi connectivity index (χ3v) is 7.66. The fourth-order valence-electron chi connectivity index (χ4n) is 3.79. The van der Waals surface area contributed by atoms with Crippen LogP contribution in [0, 0.1) is 5.92 Å². The van der Waals surface area contributed by atoms with Gasteiger partial charge in [-0.25, -0.2) is 4.98 Å². The van der Waals surface area contributed by atoms with E-state index in [0.717, 1.165) is 50.8 Å². The van der Waals surface area contributed by atoms with Gasteiger partial charge in [-0.1, -0.05) is 55.9 Å². The molecule has 0 spiro atoms. The van der Waals surface area contributed by atoms with Gasteiger partial charge in [0.2, 0.25) is 0 Å². The van der Waals surface area contributed by atoms with Crippen molar-refractivity contribution in [1.29, 1.82) is 0 Å². The smallest absolute Gasteiger partial charge is 0.263 e. The van der Waals surface area contributed by atoms with Gasteiger partial charge in [0.25, 0.3) is 5.56 Å². The third-order valence-electron chi connectivity index (χ3n) is 5.55. The first-order valence-corrected chi connectivity index (χ1v) is 12.5. The molecule has 0 N–H and O–H groups in total. The summed E-state index contributed by atoms with van der Waals surface area (Å²) in [4.78, 5) is 20.7. The molecule has 3 heterocycles. The summed E-state index contributed by atoms with van der Waals surface area (Å²) < 4.78 is 7.90. The van der Waals surface area contributed by atoms with Crippen LogP contribution in [0.4, 0.5) is 0 Å². The van der Waals surface area contributed by atoms with Crippen LogP contribution in [0.2, 0.25) is 0 Å². The first-order valence-electron chi connectivity index (χ1n) is 10.7. The van der Waals surface area contributed by atoms with Crippen LogP contribution in [-0.2, 0) is 30.7 Å². The number of aryl methyl sites for hydroxylation is 1. The molecule has 2 aromatic heterocycles. The second-order valence-electron chi connectivity index (χ2n) is 9.03. The molecule has 0 atom stereocenters. The topological polar surface area (TPSA) is 44.1 Å². The summed E-state index contributed by atoms with van der Waals surface area (Å²) in [5.41, 5.74) is 2.26. The van der Waals surface area contributed by atoms with Gasteiger partial charge in [-0.15, -0.1) is 11.3 Å². The maximum Gasteiger partial charge on any atom is 0.263 e. The number of ether oxygens (including phenoxy) is 1. The van der Waals surface area contributed by atoms with Gasteiger partial charge in [-0.05, 0) is 43.7 Å². The summed E-state index contributed by atoms with van der Waals surface area (Å²) in [7, 11) is 0. The summed E-state index contributed by atoms with van der Waals surface area (Å²) in [6, 6.07) is 10.4. The molecule has 1 aliphatic rings. The van der Waals surface area contributed by atoms with E-state index in [1.807, 2.05) is 10.6 Å². The molecule has 0 amide bonds. The van der Waals surface area contributed by atoms with Crippen LogP contribution in [0.15, 0.2) is 40.3 Å². The van der Waals surface area contributed by atoms with E-state index >= 15 is 0 Å². The maximum atomic E-state index is 13.7. The van der Waals surface area contributed by atoms with Gasteiger partial charge in [-0.3, -0.25) is 9.36 Å². The second-order valence-corrected chi connectivity index (χ2v) is 11.2. The van der Waals surface area contributed by atoms with E-state index in [4.69, 9.17) is 9.72 Å². The summed E-state index contributed by atoms with van der Waals surface area (Å²) in [6.07, 6.45) is 2.70. The molecule has 0 radical (unpaired) electrons. The van der Waals surface area contributed by atoms with Gasteiger partial charge >= 0.3 is 0 Å². The number of hydrogen-bond acceptors (Lipinski definition) is 5. The zero-order valence-electron chi connectivity index (χ0n) is 18.2. The van der Waals surface area contributed by atoms with E-state index in [9.17, 15) is 4.79 Å². The van der Waals surface area contributed by atoms with Gasteiger partial charge in [-0.2, -0.15) is 0 Å². The zero-order valence-corrected chi connectivity index (χ0v) is 19.9. The SMILES string of the molecule is CC(C)CCSc1nc2sc3c(c2c(=O)n1CCc1ccccc1)CC(C)(C)OC3. The minimum atomic E-state index is -0.243. The van der Waals surface area contributed by atoms with Crippen molar-refractivity contribution in [2.45, 2.75) is 70.9 Å². The highest BCUT2D eigenvalue weighted by atomic mass is 32.2. The van der Waals surface area contributed by atoms with Crippen LogP contribution < -0.4 is 5.56 Å². The summed E-state index contributed by atoms with van der Waals surface area (Å²) in [5.74, 6) is 1.61. The predicted octanol–water partition coefficient (Wildman–Crippen LogP) is 5.69. The number of benzene rings is 1. The second kappa shape index (κ2) is 8.85. The van der Waals surface area contributed by atoms with Crippen LogP contribution in [0.1, 0.15) is 50.1 Å². The van der Waals surface area contributed by atoms with Crippen LogP contribution in [0.3, 0.4) is 0 Å². The van der Waals surface area contributed by atoms with Crippen molar-refractivity contribution >= 4 is 33.3 Å². The van der Waals surface area contributed by atoms with Crippen molar-refractivity contribution in [3.05, 3.63) is 56.7 Å². The minimum absolute atomic E-state index is 0.109. The zero-order chi connectivity index (χ0) is 21.3. The summed E-state index contributed by atoms with van der Waals surface area (Å²) >= 11 is 3.34. The average Bonchev–Trinajstić information content (AvgIpc) is 3.04. The van der Waals surface area contributed by atoms with Crippen LogP contribution in [-0.4, -0.2) is 20.9 Å². The number of rotatable bonds is 7. The number of thiophene rings is 1. The van der Waals surface area contributed by atoms with Crippen molar-refractivity contribution in [3.8, 4) is 0 Å². The monoisotopic (exact) mass is 442 g/mol. The lowest BCUT2D eigenvalue weighted by Crippen LogP contribution is -2.32. The Kier molecular flexibility index (Phi) is 6.37. The Morgan fingerprint density at radius 1 is 1.27 bits per heavy atom. The minimum Gasteiger partial charge on any atom is -0.370 e. The fraction of sp³-hybridized carbons (Fsp3) is 0.500. The van der Waals surface area contributed by atoms with Crippen molar-refractivity contribution < 1.29 is 4.74 Å². The Morgan fingerprint density at radius 2 is 2.03 bits per heavy atom. The number of aromatic nitrogens is 2. The highest BCUT2D eigenvalue weighted by Gasteiger charge is 2.31. The van der Waals surface area contributed by atoms with Crippen molar-refractivity contribution in [1.82, 2.24) is 9.55 Å². The fourth-order valence-corrected chi connectivity index (χ4v) is 6.20. The van der Waals surface area contributed by atoms with E-state index in [-0.39, 0.29) is 11.2 Å². The molecule has 30 heavy (non-hydrogen) atoms. The van der Waals surface area contributed by atoms with Gasteiger partial charge in [0.05, 0.1) is 17.6 Å². The molecule has 0 saturated carbocycles. The molecule has 1 aliphatic heterocycles. The Bertz CT molecular complexity index is 1080. The quantitative estimate of drug-likeness (QED) is 0.348. The molecule has 0 bridgehead atoms.